The molecular weight excluding hydrogens is 356 g/mol. The summed E-state index contributed by atoms with van der Waals surface area (Å²) in [6, 6.07) is 7.77. The monoisotopic (exact) mass is 368 g/mol. The van der Waals surface area contributed by atoms with Crippen molar-refractivity contribution >= 4 is 33.4 Å². The van der Waals surface area contributed by atoms with Gasteiger partial charge in [-0.05, 0) is 31.4 Å². The van der Waals surface area contributed by atoms with Gasteiger partial charge in [0.2, 0.25) is 10.8 Å². The van der Waals surface area contributed by atoms with E-state index in [4.69, 9.17) is 9.26 Å². The van der Waals surface area contributed by atoms with E-state index in [1.807, 2.05) is 43.5 Å². The second-order valence-corrected chi connectivity index (χ2v) is 6.50. The summed E-state index contributed by atoms with van der Waals surface area (Å²) in [5, 5.41) is 5.85. The Morgan fingerprint density at radius 2 is 2.14 bits per heavy atom. The first-order valence-corrected chi connectivity index (χ1v) is 8.10. The molecule has 1 atom stereocenters. The van der Waals surface area contributed by atoms with Crippen LogP contribution in [-0.2, 0) is 9.67 Å². The van der Waals surface area contributed by atoms with Gasteiger partial charge in [0.05, 0.1) is 0 Å². The first kappa shape index (κ1) is 14.6. The number of fused-ring (bicyclic) bond motifs is 1. The molecule has 3 rings (SSSR count). The Hall–Kier alpha value is -1.31. The molecule has 2 aromatic rings. The SMILES string of the molecule is CCO[C@@]1(c2ccc(Br)cc2)SC=C(C)n2c1noc2=O. The van der Waals surface area contributed by atoms with Crippen molar-refractivity contribution in [3.8, 4) is 0 Å². The highest BCUT2D eigenvalue weighted by Crippen LogP contribution is 2.47. The summed E-state index contributed by atoms with van der Waals surface area (Å²) in [4.78, 5) is 11.0. The van der Waals surface area contributed by atoms with Gasteiger partial charge < -0.3 is 4.74 Å². The maximum Gasteiger partial charge on any atom is 0.446 e. The van der Waals surface area contributed by atoms with E-state index < -0.39 is 10.7 Å². The van der Waals surface area contributed by atoms with Crippen molar-refractivity contribution in [3.63, 3.8) is 0 Å². The molecule has 110 valence electrons. The lowest BCUT2D eigenvalue weighted by Gasteiger charge is -2.33. The van der Waals surface area contributed by atoms with Crippen molar-refractivity contribution in [1.29, 1.82) is 0 Å². The Morgan fingerprint density at radius 3 is 2.81 bits per heavy atom. The van der Waals surface area contributed by atoms with Crippen LogP contribution in [0, 0.1) is 0 Å². The smallest absolute Gasteiger partial charge is 0.353 e. The van der Waals surface area contributed by atoms with Crippen molar-refractivity contribution in [2.24, 2.45) is 0 Å². The zero-order valence-corrected chi connectivity index (χ0v) is 13.9. The first-order chi connectivity index (χ1) is 10.1. The molecule has 0 saturated heterocycles. The maximum absolute atomic E-state index is 11.9. The van der Waals surface area contributed by atoms with Gasteiger partial charge in [-0.1, -0.05) is 45.0 Å². The number of ether oxygens (including phenoxy) is 1. The molecule has 5 nitrogen and oxygen atoms in total. The van der Waals surface area contributed by atoms with Crippen molar-refractivity contribution in [2.75, 3.05) is 6.61 Å². The van der Waals surface area contributed by atoms with E-state index in [-0.39, 0.29) is 0 Å². The molecule has 7 heteroatoms. The number of thioether (sulfide) groups is 1. The molecule has 0 fully saturated rings. The largest absolute Gasteiger partial charge is 0.446 e. The predicted molar refractivity (Wildman–Crippen MR) is 84.8 cm³/mol. The van der Waals surface area contributed by atoms with Gasteiger partial charge in [-0.15, -0.1) is 0 Å². The Bertz CT molecular complexity index is 750. The normalized spacial score (nSPS) is 21.0. The molecule has 21 heavy (non-hydrogen) atoms. The molecule has 0 spiro atoms. The topological polar surface area (TPSA) is 57.3 Å². The summed E-state index contributed by atoms with van der Waals surface area (Å²) < 4.78 is 13.3. The maximum atomic E-state index is 11.9. The van der Waals surface area contributed by atoms with Crippen LogP contribution in [0.1, 0.15) is 25.2 Å². The molecule has 0 N–H and O–H groups in total. The Labute approximate surface area is 134 Å². The molecule has 0 aliphatic carbocycles. The predicted octanol–water partition coefficient (Wildman–Crippen LogP) is 3.40. The van der Waals surface area contributed by atoms with Crippen LogP contribution in [0.4, 0.5) is 0 Å². The molecule has 0 amide bonds. The van der Waals surface area contributed by atoms with E-state index >= 15 is 0 Å². The summed E-state index contributed by atoms with van der Waals surface area (Å²) in [5.41, 5.74) is 1.68. The molecule has 0 unspecified atom stereocenters. The molecule has 0 saturated carbocycles. The van der Waals surface area contributed by atoms with Crippen molar-refractivity contribution in [1.82, 2.24) is 9.72 Å². The number of hydrogen-bond donors (Lipinski definition) is 0. The lowest BCUT2D eigenvalue weighted by Crippen LogP contribution is -2.35. The fourth-order valence-electron chi connectivity index (χ4n) is 2.29. The molecule has 0 radical (unpaired) electrons. The third-order valence-electron chi connectivity index (χ3n) is 3.22. The summed E-state index contributed by atoms with van der Waals surface area (Å²) in [6.07, 6.45) is 0. The summed E-state index contributed by atoms with van der Waals surface area (Å²) in [7, 11) is 0. The highest BCUT2D eigenvalue weighted by Gasteiger charge is 2.44. The van der Waals surface area contributed by atoms with Gasteiger partial charge in [0.1, 0.15) is 0 Å². The number of aromatic nitrogens is 2. The van der Waals surface area contributed by atoms with E-state index in [2.05, 4.69) is 21.1 Å². The average molecular weight is 369 g/mol. The van der Waals surface area contributed by atoms with E-state index in [9.17, 15) is 4.79 Å². The van der Waals surface area contributed by atoms with Crippen LogP contribution in [-0.4, -0.2) is 16.3 Å². The van der Waals surface area contributed by atoms with Gasteiger partial charge in [0, 0.05) is 22.3 Å². The highest BCUT2D eigenvalue weighted by atomic mass is 79.9. The van der Waals surface area contributed by atoms with Gasteiger partial charge in [0.25, 0.3) is 0 Å². The number of nitrogens with zero attached hydrogens (tertiary/aromatic N) is 2. The second kappa shape index (κ2) is 5.47. The van der Waals surface area contributed by atoms with Crippen LogP contribution in [0.25, 0.3) is 5.70 Å². The zero-order valence-electron chi connectivity index (χ0n) is 11.5. The second-order valence-electron chi connectivity index (χ2n) is 4.54. The summed E-state index contributed by atoms with van der Waals surface area (Å²) in [5.74, 6) is -0.0399. The van der Waals surface area contributed by atoms with E-state index in [1.54, 1.807) is 0 Å². The molecule has 1 aromatic carbocycles. The highest BCUT2D eigenvalue weighted by molar-refractivity contribution is 9.10. The molecular formula is C14H13BrN2O3S. The van der Waals surface area contributed by atoms with Crippen molar-refractivity contribution in [2.45, 2.75) is 18.8 Å². The first-order valence-electron chi connectivity index (χ1n) is 6.42. The van der Waals surface area contributed by atoms with Crippen LogP contribution in [0.2, 0.25) is 0 Å². The fraction of sp³-hybridized carbons (Fsp3) is 0.286. The van der Waals surface area contributed by atoms with Crippen LogP contribution < -0.4 is 5.76 Å². The Kier molecular flexibility index (Phi) is 3.81. The molecule has 0 bridgehead atoms. The standard InChI is InChI=1S/C14H13BrN2O3S/c1-3-19-14(10-4-6-11(15)7-5-10)12-16-20-13(18)17(12)9(2)8-21-14/h4-8H,3H2,1-2H3/t14-/m0/s1. The van der Waals surface area contributed by atoms with Crippen LogP contribution in [0.15, 0.2) is 43.5 Å². The van der Waals surface area contributed by atoms with Gasteiger partial charge in [-0.25, -0.2) is 9.36 Å². The summed E-state index contributed by atoms with van der Waals surface area (Å²) >= 11 is 4.90. The Balaban J connectivity index is 2.24. The van der Waals surface area contributed by atoms with Crippen molar-refractivity contribution < 1.29 is 9.26 Å². The lowest BCUT2D eigenvalue weighted by atomic mass is 10.1. The Morgan fingerprint density at radius 1 is 1.43 bits per heavy atom. The number of allylic oxidation sites excluding steroid dienone is 1. The van der Waals surface area contributed by atoms with E-state index in [1.165, 1.54) is 16.3 Å². The number of halogens is 1. The third kappa shape index (κ3) is 2.29. The van der Waals surface area contributed by atoms with Gasteiger partial charge >= 0.3 is 5.76 Å². The third-order valence-corrected chi connectivity index (χ3v) is 5.07. The van der Waals surface area contributed by atoms with Crippen LogP contribution in [0.3, 0.4) is 0 Å². The number of hydrogen-bond acceptors (Lipinski definition) is 5. The minimum absolute atomic E-state index is 0.460. The quantitative estimate of drug-likeness (QED) is 0.830. The lowest BCUT2D eigenvalue weighted by molar-refractivity contribution is 0.0530. The zero-order chi connectivity index (χ0) is 15.0. The van der Waals surface area contributed by atoms with E-state index in [0.717, 1.165) is 15.7 Å². The molecule has 1 aromatic heterocycles. The van der Waals surface area contributed by atoms with Crippen LogP contribution >= 0.6 is 27.7 Å². The number of benzene rings is 1. The molecule has 2 heterocycles. The number of rotatable bonds is 3. The van der Waals surface area contributed by atoms with Crippen LogP contribution in [0.5, 0.6) is 0 Å². The van der Waals surface area contributed by atoms with Crippen molar-refractivity contribution in [3.05, 3.63) is 56.1 Å². The molecule has 1 aliphatic rings. The van der Waals surface area contributed by atoms with Gasteiger partial charge in [0.15, 0.2) is 0 Å². The fourth-order valence-corrected chi connectivity index (χ4v) is 3.69. The molecule has 1 aliphatic heterocycles. The van der Waals surface area contributed by atoms with Gasteiger partial charge in [-0.3, -0.25) is 4.52 Å². The van der Waals surface area contributed by atoms with Gasteiger partial charge in [-0.2, -0.15) is 0 Å². The minimum Gasteiger partial charge on any atom is -0.353 e. The summed E-state index contributed by atoms with van der Waals surface area (Å²) in [6.45, 7) is 4.23. The average Bonchev–Trinajstić information content (AvgIpc) is 2.87. The van der Waals surface area contributed by atoms with E-state index in [0.29, 0.717) is 12.4 Å². The minimum atomic E-state index is -0.874.